The largest absolute Gasteiger partial charge is 0.465 e. The van der Waals surface area contributed by atoms with Gasteiger partial charge in [-0.3, -0.25) is 4.79 Å². The Balaban J connectivity index is 1.83. The van der Waals surface area contributed by atoms with E-state index in [9.17, 15) is 9.59 Å². The number of para-hydroxylation sites is 1. The molecule has 28 heavy (non-hydrogen) atoms. The maximum atomic E-state index is 12.6. The summed E-state index contributed by atoms with van der Waals surface area (Å²) in [6.45, 7) is 0. The molecule has 0 fully saturated rings. The Morgan fingerprint density at radius 1 is 1.07 bits per heavy atom. The third-order valence-electron chi connectivity index (χ3n) is 4.01. The quantitative estimate of drug-likeness (QED) is 0.657. The van der Waals surface area contributed by atoms with Gasteiger partial charge in [0.05, 0.1) is 23.4 Å². The summed E-state index contributed by atoms with van der Waals surface area (Å²) < 4.78 is 4.68. The number of halogens is 1. The minimum atomic E-state index is -0.527. The van der Waals surface area contributed by atoms with Gasteiger partial charge in [0.25, 0.3) is 5.91 Å². The number of hydrogen-bond donors (Lipinski definition) is 1. The molecule has 0 unspecified atom stereocenters. The van der Waals surface area contributed by atoms with Crippen LogP contribution in [0.3, 0.4) is 0 Å². The highest BCUT2D eigenvalue weighted by Crippen LogP contribution is 2.25. The molecule has 0 saturated heterocycles. The van der Waals surface area contributed by atoms with E-state index in [4.69, 9.17) is 11.6 Å². The van der Waals surface area contributed by atoms with E-state index < -0.39 is 11.9 Å². The minimum Gasteiger partial charge on any atom is -0.465 e. The van der Waals surface area contributed by atoms with E-state index in [2.05, 4.69) is 20.0 Å². The predicted octanol–water partition coefficient (Wildman–Crippen LogP) is 3.94. The first kappa shape index (κ1) is 19.3. The van der Waals surface area contributed by atoms with Crippen molar-refractivity contribution in [3.8, 4) is 0 Å². The zero-order chi connectivity index (χ0) is 20.1. The van der Waals surface area contributed by atoms with Gasteiger partial charge >= 0.3 is 5.97 Å². The Hall–Kier alpha value is -3.45. The summed E-state index contributed by atoms with van der Waals surface area (Å²) in [4.78, 5) is 34.4. The van der Waals surface area contributed by atoms with Crippen molar-refractivity contribution in [2.75, 3.05) is 24.4 Å². The van der Waals surface area contributed by atoms with Crippen molar-refractivity contribution >= 4 is 40.7 Å². The van der Waals surface area contributed by atoms with E-state index in [0.29, 0.717) is 5.82 Å². The van der Waals surface area contributed by atoms with E-state index in [1.54, 1.807) is 6.07 Å². The number of nitrogens with zero attached hydrogens (tertiary/aromatic N) is 3. The van der Waals surface area contributed by atoms with Crippen LogP contribution in [0.15, 0.2) is 60.9 Å². The molecule has 2 aromatic carbocycles. The van der Waals surface area contributed by atoms with Gasteiger partial charge in [-0.05, 0) is 30.3 Å². The van der Waals surface area contributed by atoms with Crippen LogP contribution in [0.5, 0.6) is 0 Å². The van der Waals surface area contributed by atoms with Gasteiger partial charge < -0.3 is 15.0 Å². The van der Waals surface area contributed by atoms with Crippen LogP contribution in [0.1, 0.15) is 20.8 Å². The Morgan fingerprint density at radius 3 is 2.54 bits per heavy atom. The number of nitrogens with one attached hydrogen (secondary N) is 1. The van der Waals surface area contributed by atoms with Gasteiger partial charge in [-0.15, -0.1) is 0 Å². The van der Waals surface area contributed by atoms with Gasteiger partial charge in [0, 0.05) is 18.8 Å². The number of anilines is 3. The highest BCUT2D eigenvalue weighted by molar-refractivity contribution is 6.34. The fourth-order valence-electron chi connectivity index (χ4n) is 2.49. The summed E-state index contributed by atoms with van der Waals surface area (Å²) in [6.07, 6.45) is 1.32. The first-order valence-electron chi connectivity index (χ1n) is 8.29. The van der Waals surface area contributed by atoms with Crippen LogP contribution in [-0.4, -0.2) is 36.0 Å². The molecule has 1 N–H and O–H groups in total. The van der Waals surface area contributed by atoms with Gasteiger partial charge in [-0.2, -0.15) is 0 Å². The second-order valence-electron chi connectivity index (χ2n) is 5.80. The number of ether oxygens (including phenoxy) is 1. The number of carbonyl (C=O) groups is 2. The SMILES string of the molecule is COC(=O)c1ccc(Cl)c(NC(=O)c2cc(N(C)c3ccccc3)ncn2)c1. The van der Waals surface area contributed by atoms with Crippen LogP contribution in [0.25, 0.3) is 0 Å². The number of hydrogen-bond acceptors (Lipinski definition) is 6. The molecular formula is C20H17ClN4O3. The molecule has 1 amide bonds. The Labute approximate surface area is 166 Å². The first-order valence-corrected chi connectivity index (χ1v) is 8.67. The van der Waals surface area contributed by atoms with E-state index in [0.717, 1.165) is 5.69 Å². The van der Waals surface area contributed by atoms with Crippen molar-refractivity contribution in [2.24, 2.45) is 0 Å². The second kappa shape index (κ2) is 8.49. The first-order chi connectivity index (χ1) is 13.5. The summed E-state index contributed by atoms with van der Waals surface area (Å²) in [5, 5.41) is 2.95. The van der Waals surface area contributed by atoms with Crippen molar-refractivity contribution in [3.63, 3.8) is 0 Å². The molecule has 8 heteroatoms. The maximum absolute atomic E-state index is 12.6. The third kappa shape index (κ3) is 4.27. The molecule has 0 radical (unpaired) electrons. The lowest BCUT2D eigenvalue weighted by Gasteiger charge is -2.18. The fraction of sp³-hybridized carbons (Fsp3) is 0.100. The normalized spacial score (nSPS) is 10.2. The van der Waals surface area contributed by atoms with Gasteiger partial charge in [-0.25, -0.2) is 14.8 Å². The van der Waals surface area contributed by atoms with Crippen molar-refractivity contribution < 1.29 is 14.3 Å². The number of rotatable bonds is 5. The highest BCUT2D eigenvalue weighted by Gasteiger charge is 2.15. The smallest absolute Gasteiger partial charge is 0.337 e. The zero-order valence-electron chi connectivity index (χ0n) is 15.2. The third-order valence-corrected chi connectivity index (χ3v) is 4.34. The zero-order valence-corrected chi connectivity index (χ0v) is 16.0. The van der Waals surface area contributed by atoms with E-state index in [1.165, 1.54) is 31.6 Å². The average Bonchev–Trinajstić information content (AvgIpc) is 2.74. The molecule has 0 aliphatic rings. The molecule has 7 nitrogen and oxygen atoms in total. The summed E-state index contributed by atoms with van der Waals surface area (Å²) in [7, 11) is 3.12. The second-order valence-corrected chi connectivity index (χ2v) is 6.20. The van der Waals surface area contributed by atoms with Crippen LogP contribution in [0.4, 0.5) is 17.2 Å². The Bertz CT molecular complexity index is 1010. The summed E-state index contributed by atoms with van der Waals surface area (Å²) in [6, 6.07) is 15.7. The number of amides is 1. The fourth-order valence-corrected chi connectivity index (χ4v) is 2.66. The average molecular weight is 397 g/mol. The van der Waals surface area contributed by atoms with E-state index in [-0.39, 0.29) is 22.0 Å². The van der Waals surface area contributed by atoms with Crippen molar-refractivity contribution in [2.45, 2.75) is 0 Å². The molecule has 0 saturated carbocycles. The molecule has 0 aliphatic heterocycles. The molecule has 1 aromatic heterocycles. The van der Waals surface area contributed by atoms with Gasteiger partial charge in [0.15, 0.2) is 0 Å². The summed E-state index contributed by atoms with van der Waals surface area (Å²) in [5.74, 6) is -0.448. The topological polar surface area (TPSA) is 84.4 Å². The standard InChI is InChI=1S/C20H17ClN4O3/c1-25(14-6-4-3-5-7-14)18-11-17(22-12-23-18)19(26)24-16-10-13(20(27)28-2)8-9-15(16)21/h3-12H,1-2H3,(H,24,26). The van der Waals surface area contributed by atoms with Crippen LogP contribution < -0.4 is 10.2 Å². The maximum Gasteiger partial charge on any atom is 0.337 e. The molecular weight excluding hydrogens is 380 g/mol. The van der Waals surface area contributed by atoms with Crippen LogP contribution in [0.2, 0.25) is 5.02 Å². The Kier molecular flexibility index (Phi) is 5.86. The minimum absolute atomic E-state index is 0.160. The van der Waals surface area contributed by atoms with Crippen LogP contribution >= 0.6 is 11.6 Å². The van der Waals surface area contributed by atoms with Gasteiger partial charge in [0.1, 0.15) is 17.8 Å². The van der Waals surface area contributed by atoms with Crippen LogP contribution in [0, 0.1) is 0 Å². The van der Waals surface area contributed by atoms with E-state index >= 15 is 0 Å². The molecule has 0 spiro atoms. The highest BCUT2D eigenvalue weighted by atomic mass is 35.5. The lowest BCUT2D eigenvalue weighted by atomic mass is 10.2. The van der Waals surface area contributed by atoms with Crippen molar-refractivity contribution in [1.29, 1.82) is 0 Å². The van der Waals surface area contributed by atoms with Gasteiger partial charge in [0.2, 0.25) is 0 Å². The number of methoxy groups -OCH3 is 1. The van der Waals surface area contributed by atoms with Crippen molar-refractivity contribution in [3.05, 3.63) is 77.2 Å². The summed E-state index contributed by atoms with van der Waals surface area (Å²) in [5.41, 5.74) is 1.63. The molecule has 142 valence electrons. The summed E-state index contributed by atoms with van der Waals surface area (Å²) >= 11 is 6.13. The Morgan fingerprint density at radius 2 is 1.82 bits per heavy atom. The lowest BCUT2D eigenvalue weighted by molar-refractivity contribution is 0.0600. The molecule has 0 aliphatic carbocycles. The van der Waals surface area contributed by atoms with E-state index in [1.807, 2.05) is 42.3 Å². The number of esters is 1. The van der Waals surface area contributed by atoms with Gasteiger partial charge in [-0.1, -0.05) is 29.8 Å². The molecule has 0 bridgehead atoms. The lowest BCUT2D eigenvalue weighted by Crippen LogP contribution is -2.17. The van der Waals surface area contributed by atoms with Crippen molar-refractivity contribution in [1.82, 2.24) is 9.97 Å². The number of carbonyl (C=O) groups excluding carboxylic acids is 2. The monoisotopic (exact) mass is 396 g/mol. The molecule has 3 rings (SSSR count). The van der Waals surface area contributed by atoms with Crippen LogP contribution in [-0.2, 0) is 4.74 Å². The molecule has 0 atom stereocenters. The number of aromatic nitrogens is 2. The molecule has 3 aromatic rings. The number of benzene rings is 2. The molecule has 1 heterocycles. The predicted molar refractivity (Wildman–Crippen MR) is 107 cm³/mol.